The molecule has 1 nitrogen and oxygen atoms in total. The Bertz CT molecular complexity index is 241. The second-order valence-electron chi connectivity index (χ2n) is 2.56. The van der Waals surface area contributed by atoms with Crippen LogP contribution in [-0.2, 0) is 6.42 Å². The number of anilines is 1. The van der Waals surface area contributed by atoms with Crippen LogP contribution in [0, 0.1) is 6.92 Å². The lowest BCUT2D eigenvalue weighted by Crippen LogP contribution is -1.92. The number of hydrogen-bond acceptors (Lipinski definition) is 1. The van der Waals surface area contributed by atoms with Crippen LogP contribution >= 0.6 is 0 Å². The minimum Gasteiger partial charge on any atom is -0.399 e. The van der Waals surface area contributed by atoms with E-state index >= 15 is 0 Å². The first kappa shape index (κ1) is 10.8. The summed E-state index contributed by atoms with van der Waals surface area (Å²) in [4.78, 5) is 0. The van der Waals surface area contributed by atoms with E-state index in [1.807, 2.05) is 12.1 Å². The Morgan fingerprint density at radius 3 is 2.33 bits per heavy atom. The highest BCUT2D eigenvalue weighted by Crippen LogP contribution is 2.13. The molecule has 2 N–H and O–H groups in total. The van der Waals surface area contributed by atoms with E-state index in [2.05, 4.69) is 33.1 Å². The van der Waals surface area contributed by atoms with Crippen molar-refractivity contribution in [1.82, 2.24) is 0 Å². The number of benzene rings is 1. The molecule has 0 aliphatic heterocycles. The van der Waals surface area contributed by atoms with Gasteiger partial charge in [-0.2, -0.15) is 0 Å². The van der Waals surface area contributed by atoms with E-state index in [4.69, 9.17) is 5.73 Å². The molecule has 1 rings (SSSR count). The molecular weight excluding hydrogens is 146 g/mol. The SMILES string of the molecule is C=C.CCc1cc(C)ccc1N. The highest BCUT2D eigenvalue weighted by molar-refractivity contribution is 5.48. The molecule has 0 fully saturated rings. The normalized spacial score (nSPS) is 8.50. The van der Waals surface area contributed by atoms with Crippen LogP contribution in [-0.4, -0.2) is 0 Å². The van der Waals surface area contributed by atoms with Crippen LogP contribution in [0.25, 0.3) is 0 Å². The van der Waals surface area contributed by atoms with Gasteiger partial charge in [0.2, 0.25) is 0 Å². The molecule has 1 aromatic carbocycles. The molecule has 0 radical (unpaired) electrons. The van der Waals surface area contributed by atoms with Crippen LogP contribution in [0.4, 0.5) is 5.69 Å². The van der Waals surface area contributed by atoms with Gasteiger partial charge in [-0.3, -0.25) is 0 Å². The first-order valence-electron chi connectivity index (χ1n) is 4.09. The van der Waals surface area contributed by atoms with Crippen LogP contribution in [0.1, 0.15) is 18.1 Å². The highest BCUT2D eigenvalue weighted by atomic mass is 14.6. The summed E-state index contributed by atoms with van der Waals surface area (Å²) in [6.45, 7) is 10.2. The zero-order valence-corrected chi connectivity index (χ0v) is 7.93. The van der Waals surface area contributed by atoms with Gasteiger partial charge in [0.25, 0.3) is 0 Å². The lowest BCUT2D eigenvalue weighted by atomic mass is 10.1. The molecule has 66 valence electrons. The van der Waals surface area contributed by atoms with Crippen LogP contribution in [0.5, 0.6) is 0 Å². The van der Waals surface area contributed by atoms with Crippen LogP contribution in [0.3, 0.4) is 0 Å². The van der Waals surface area contributed by atoms with Gasteiger partial charge in [0.05, 0.1) is 0 Å². The van der Waals surface area contributed by atoms with E-state index in [0.717, 1.165) is 12.1 Å². The Balaban J connectivity index is 0.000000561. The Morgan fingerprint density at radius 2 is 1.92 bits per heavy atom. The van der Waals surface area contributed by atoms with Gasteiger partial charge in [-0.05, 0) is 25.0 Å². The number of hydrogen-bond donors (Lipinski definition) is 1. The van der Waals surface area contributed by atoms with Gasteiger partial charge in [0.1, 0.15) is 0 Å². The molecule has 0 aromatic heterocycles. The summed E-state index contributed by atoms with van der Waals surface area (Å²) in [5.74, 6) is 0. The molecule has 0 saturated heterocycles. The zero-order chi connectivity index (χ0) is 9.56. The largest absolute Gasteiger partial charge is 0.399 e. The van der Waals surface area contributed by atoms with E-state index in [0.29, 0.717) is 0 Å². The molecule has 0 bridgehead atoms. The summed E-state index contributed by atoms with van der Waals surface area (Å²) < 4.78 is 0. The summed E-state index contributed by atoms with van der Waals surface area (Å²) in [6, 6.07) is 6.14. The van der Waals surface area contributed by atoms with E-state index in [1.165, 1.54) is 11.1 Å². The van der Waals surface area contributed by atoms with Crippen molar-refractivity contribution < 1.29 is 0 Å². The fraction of sp³-hybridized carbons (Fsp3) is 0.273. The van der Waals surface area contributed by atoms with Crippen LogP contribution in [0.2, 0.25) is 0 Å². The summed E-state index contributed by atoms with van der Waals surface area (Å²) >= 11 is 0. The maximum absolute atomic E-state index is 5.70. The number of rotatable bonds is 1. The summed E-state index contributed by atoms with van der Waals surface area (Å²) in [6.07, 6.45) is 1.02. The average molecular weight is 163 g/mol. The fourth-order valence-corrected chi connectivity index (χ4v) is 1.04. The number of nitrogens with two attached hydrogens (primary N) is 1. The van der Waals surface area contributed by atoms with Gasteiger partial charge in [0.15, 0.2) is 0 Å². The second kappa shape index (κ2) is 5.42. The third-order valence-electron chi connectivity index (χ3n) is 1.68. The molecule has 0 aliphatic carbocycles. The molecule has 0 amide bonds. The van der Waals surface area contributed by atoms with E-state index in [9.17, 15) is 0 Å². The van der Waals surface area contributed by atoms with Gasteiger partial charge in [-0.25, -0.2) is 0 Å². The van der Waals surface area contributed by atoms with E-state index in [-0.39, 0.29) is 0 Å². The standard InChI is InChI=1S/C9H13N.C2H4/c1-3-8-6-7(2)4-5-9(8)10;1-2/h4-6H,3,10H2,1-2H3;1-2H2. The van der Waals surface area contributed by atoms with Crippen molar-refractivity contribution in [2.24, 2.45) is 0 Å². The molecular formula is C11H17N. The van der Waals surface area contributed by atoms with E-state index < -0.39 is 0 Å². The first-order valence-corrected chi connectivity index (χ1v) is 4.09. The predicted molar refractivity (Wildman–Crippen MR) is 56.2 cm³/mol. The van der Waals surface area contributed by atoms with E-state index in [1.54, 1.807) is 0 Å². The molecule has 1 heteroatoms. The van der Waals surface area contributed by atoms with Crippen molar-refractivity contribution in [3.8, 4) is 0 Å². The Morgan fingerprint density at radius 1 is 1.33 bits per heavy atom. The molecule has 0 spiro atoms. The predicted octanol–water partition coefficient (Wildman–Crippen LogP) is 2.94. The minimum atomic E-state index is 0.910. The third kappa shape index (κ3) is 2.79. The van der Waals surface area contributed by atoms with Crippen molar-refractivity contribution in [1.29, 1.82) is 0 Å². The molecule has 0 saturated carbocycles. The molecule has 0 atom stereocenters. The van der Waals surface area contributed by atoms with Gasteiger partial charge in [0, 0.05) is 5.69 Å². The molecule has 12 heavy (non-hydrogen) atoms. The second-order valence-corrected chi connectivity index (χ2v) is 2.56. The van der Waals surface area contributed by atoms with Gasteiger partial charge >= 0.3 is 0 Å². The maximum atomic E-state index is 5.70. The molecule has 1 aromatic rings. The zero-order valence-electron chi connectivity index (χ0n) is 7.93. The molecule has 0 aliphatic rings. The van der Waals surface area contributed by atoms with Crippen molar-refractivity contribution in [2.45, 2.75) is 20.3 Å². The van der Waals surface area contributed by atoms with Crippen LogP contribution < -0.4 is 5.73 Å². The van der Waals surface area contributed by atoms with Gasteiger partial charge in [-0.1, -0.05) is 24.6 Å². The lowest BCUT2D eigenvalue weighted by Gasteiger charge is -2.02. The van der Waals surface area contributed by atoms with Crippen molar-refractivity contribution >= 4 is 5.69 Å². The summed E-state index contributed by atoms with van der Waals surface area (Å²) in [7, 11) is 0. The monoisotopic (exact) mass is 163 g/mol. The molecule has 0 heterocycles. The quantitative estimate of drug-likeness (QED) is 0.500. The number of aryl methyl sites for hydroxylation is 2. The summed E-state index contributed by atoms with van der Waals surface area (Å²) in [5.41, 5.74) is 9.14. The van der Waals surface area contributed by atoms with Gasteiger partial charge < -0.3 is 5.73 Å². The van der Waals surface area contributed by atoms with Crippen molar-refractivity contribution in [3.63, 3.8) is 0 Å². The number of nitrogen functional groups attached to an aromatic ring is 1. The van der Waals surface area contributed by atoms with Crippen molar-refractivity contribution in [3.05, 3.63) is 42.5 Å². The maximum Gasteiger partial charge on any atom is 0.0346 e. The third-order valence-corrected chi connectivity index (χ3v) is 1.68. The Hall–Kier alpha value is -1.24. The van der Waals surface area contributed by atoms with Crippen LogP contribution in [0.15, 0.2) is 31.4 Å². The topological polar surface area (TPSA) is 26.0 Å². The van der Waals surface area contributed by atoms with Crippen molar-refractivity contribution in [2.75, 3.05) is 5.73 Å². The highest BCUT2D eigenvalue weighted by Gasteiger charge is 1.94. The Labute approximate surface area is 74.9 Å². The first-order chi connectivity index (χ1) is 5.74. The molecule has 0 unspecified atom stereocenters. The van der Waals surface area contributed by atoms with Gasteiger partial charge in [-0.15, -0.1) is 13.2 Å². The Kier molecular flexibility index (Phi) is 4.86. The lowest BCUT2D eigenvalue weighted by molar-refractivity contribution is 1.14. The fourth-order valence-electron chi connectivity index (χ4n) is 1.04. The summed E-state index contributed by atoms with van der Waals surface area (Å²) in [5, 5.41) is 0. The average Bonchev–Trinajstić information content (AvgIpc) is 2.13. The smallest absolute Gasteiger partial charge is 0.0346 e. The minimum absolute atomic E-state index is 0.910.